The van der Waals surface area contributed by atoms with E-state index in [-0.39, 0.29) is 6.03 Å². The van der Waals surface area contributed by atoms with Crippen molar-refractivity contribution in [3.63, 3.8) is 0 Å². The number of hydrogen-bond acceptors (Lipinski definition) is 4. The Kier molecular flexibility index (Phi) is 5.09. The minimum absolute atomic E-state index is 0.317. The third-order valence-electron chi connectivity index (χ3n) is 2.84. The zero-order valence-corrected chi connectivity index (χ0v) is 12.1. The van der Waals surface area contributed by atoms with Gasteiger partial charge in [0, 0.05) is 30.6 Å². The molecule has 2 heterocycles. The van der Waals surface area contributed by atoms with Crippen molar-refractivity contribution >= 4 is 11.8 Å². The van der Waals surface area contributed by atoms with Crippen molar-refractivity contribution in [2.75, 3.05) is 19.0 Å². The molecule has 0 aliphatic heterocycles. The van der Waals surface area contributed by atoms with Gasteiger partial charge >= 0.3 is 6.03 Å². The molecule has 2 aromatic heterocycles. The normalized spacial score (nSPS) is 10.0. The highest BCUT2D eigenvalue weighted by Gasteiger charge is 2.08. The number of nitrogens with zero attached hydrogens (tertiary/aromatic N) is 2. The second-order valence-corrected chi connectivity index (χ2v) is 4.46. The number of urea groups is 1. The molecule has 0 saturated carbocycles. The quantitative estimate of drug-likeness (QED) is 0.883. The van der Waals surface area contributed by atoms with Crippen molar-refractivity contribution in [3.8, 4) is 5.75 Å². The van der Waals surface area contributed by atoms with Crippen LogP contribution in [-0.4, -0.2) is 29.7 Å². The molecule has 0 spiro atoms. The van der Waals surface area contributed by atoms with Crippen LogP contribution in [-0.2, 0) is 6.42 Å². The van der Waals surface area contributed by atoms with Gasteiger partial charge in [-0.05, 0) is 31.2 Å². The smallest absolute Gasteiger partial charge is 0.320 e. The SMILES string of the molecule is COc1ccc(C)nc1NC(=O)NCCc1ccccn1. The lowest BCUT2D eigenvalue weighted by atomic mass is 10.3. The Morgan fingerprint density at radius 2 is 2.14 bits per heavy atom. The van der Waals surface area contributed by atoms with Gasteiger partial charge in [0.2, 0.25) is 0 Å². The number of carbonyl (C=O) groups excluding carboxylic acids is 1. The highest BCUT2D eigenvalue weighted by molar-refractivity contribution is 5.89. The van der Waals surface area contributed by atoms with E-state index in [0.29, 0.717) is 24.5 Å². The van der Waals surface area contributed by atoms with Gasteiger partial charge in [-0.25, -0.2) is 9.78 Å². The summed E-state index contributed by atoms with van der Waals surface area (Å²) >= 11 is 0. The fraction of sp³-hybridized carbons (Fsp3) is 0.267. The summed E-state index contributed by atoms with van der Waals surface area (Å²) in [6, 6.07) is 8.98. The fourth-order valence-electron chi connectivity index (χ4n) is 1.80. The van der Waals surface area contributed by atoms with Gasteiger partial charge in [-0.2, -0.15) is 0 Å². The van der Waals surface area contributed by atoms with Crippen LogP contribution in [0, 0.1) is 6.92 Å². The van der Waals surface area contributed by atoms with E-state index in [1.165, 1.54) is 7.11 Å². The molecule has 0 atom stereocenters. The Bertz CT molecular complexity index is 602. The second kappa shape index (κ2) is 7.23. The molecule has 0 aliphatic rings. The number of rotatable bonds is 5. The Labute approximate surface area is 123 Å². The molecule has 0 aromatic carbocycles. The highest BCUT2D eigenvalue weighted by Crippen LogP contribution is 2.21. The number of aromatic nitrogens is 2. The number of hydrogen-bond donors (Lipinski definition) is 2. The number of anilines is 1. The molecule has 0 unspecified atom stereocenters. The summed E-state index contributed by atoms with van der Waals surface area (Å²) in [6.45, 7) is 2.35. The molecule has 0 bridgehead atoms. The molecule has 0 saturated heterocycles. The first-order valence-corrected chi connectivity index (χ1v) is 6.65. The summed E-state index contributed by atoms with van der Waals surface area (Å²) in [5.74, 6) is 0.938. The van der Waals surface area contributed by atoms with Crippen LogP contribution in [0.5, 0.6) is 5.75 Å². The van der Waals surface area contributed by atoms with Gasteiger partial charge in [-0.1, -0.05) is 6.07 Å². The molecule has 21 heavy (non-hydrogen) atoms. The van der Waals surface area contributed by atoms with Crippen molar-refractivity contribution in [3.05, 3.63) is 47.9 Å². The van der Waals surface area contributed by atoms with Crippen LogP contribution in [0.1, 0.15) is 11.4 Å². The van der Waals surface area contributed by atoms with E-state index in [1.807, 2.05) is 31.2 Å². The summed E-state index contributed by atoms with van der Waals surface area (Å²) in [6.07, 6.45) is 2.41. The third kappa shape index (κ3) is 4.45. The topological polar surface area (TPSA) is 76.1 Å². The first-order chi connectivity index (χ1) is 10.2. The standard InChI is InChI=1S/C15H18N4O2/c1-11-6-7-13(21-2)14(18-11)19-15(20)17-10-8-12-5-3-4-9-16-12/h3-7,9H,8,10H2,1-2H3,(H2,17,18,19,20). The van der Waals surface area contributed by atoms with Crippen LogP contribution in [0.4, 0.5) is 10.6 Å². The van der Waals surface area contributed by atoms with Crippen LogP contribution in [0.2, 0.25) is 0 Å². The van der Waals surface area contributed by atoms with E-state index in [4.69, 9.17) is 4.74 Å². The monoisotopic (exact) mass is 286 g/mol. The molecule has 0 radical (unpaired) electrons. The minimum Gasteiger partial charge on any atom is -0.493 e. The second-order valence-electron chi connectivity index (χ2n) is 4.46. The highest BCUT2D eigenvalue weighted by atomic mass is 16.5. The van der Waals surface area contributed by atoms with Gasteiger partial charge in [0.25, 0.3) is 0 Å². The van der Waals surface area contributed by atoms with E-state index in [2.05, 4.69) is 20.6 Å². The summed E-state index contributed by atoms with van der Waals surface area (Å²) < 4.78 is 5.16. The lowest BCUT2D eigenvalue weighted by Crippen LogP contribution is -2.31. The zero-order valence-electron chi connectivity index (χ0n) is 12.1. The molecule has 2 aromatic rings. The molecular weight excluding hydrogens is 268 g/mol. The minimum atomic E-state index is -0.317. The van der Waals surface area contributed by atoms with Crippen LogP contribution in [0.15, 0.2) is 36.5 Å². The average molecular weight is 286 g/mol. The summed E-state index contributed by atoms with van der Waals surface area (Å²) in [5.41, 5.74) is 1.74. The fourth-order valence-corrected chi connectivity index (χ4v) is 1.80. The number of ether oxygens (including phenoxy) is 1. The Morgan fingerprint density at radius 3 is 2.86 bits per heavy atom. The van der Waals surface area contributed by atoms with E-state index < -0.39 is 0 Å². The lowest BCUT2D eigenvalue weighted by molar-refractivity contribution is 0.252. The zero-order chi connectivity index (χ0) is 15.1. The summed E-state index contributed by atoms with van der Waals surface area (Å²) in [7, 11) is 1.54. The van der Waals surface area contributed by atoms with Crippen LogP contribution >= 0.6 is 0 Å². The maximum Gasteiger partial charge on any atom is 0.320 e. The summed E-state index contributed by atoms with van der Waals surface area (Å²) in [4.78, 5) is 20.3. The molecule has 2 amide bonds. The molecule has 0 fully saturated rings. The van der Waals surface area contributed by atoms with Crippen LogP contribution < -0.4 is 15.4 Å². The van der Waals surface area contributed by atoms with Gasteiger partial charge in [0.1, 0.15) is 0 Å². The predicted octanol–water partition coefficient (Wildman–Crippen LogP) is 2.16. The van der Waals surface area contributed by atoms with E-state index in [0.717, 1.165) is 11.4 Å². The molecule has 2 N–H and O–H groups in total. The maximum atomic E-state index is 11.8. The Balaban J connectivity index is 1.86. The van der Waals surface area contributed by atoms with Crippen molar-refractivity contribution < 1.29 is 9.53 Å². The first kappa shape index (κ1) is 14.8. The van der Waals surface area contributed by atoms with Crippen LogP contribution in [0.3, 0.4) is 0 Å². The maximum absolute atomic E-state index is 11.8. The predicted molar refractivity (Wildman–Crippen MR) is 80.5 cm³/mol. The van der Waals surface area contributed by atoms with E-state index in [1.54, 1.807) is 12.3 Å². The van der Waals surface area contributed by atoms with Crippen molar-refractivity contribution in [2.24, 2.45) is 0 Å². The van der Waals surface area contributed by atoms with Crippen molar-refractivity contribution in [1.29, 1.82) is 0 Å². The molecular formula is C15H18N4O2. The third-order valence-corrected chi connectivity index (χ3v) is 2.84. The number of pyridine rings is 2. The van der Waals surface area contributed by atoms with Gasteiger partial charge in [-0.3, -0.25) is 10.3 Å². The summed E-state index contributed by atoms with van der Waals surface area (Å²) in [5, 5.41) is 5.45. The van der Waals surface area contributed by atoms with Crippen molar-refractivity contribution in [2.45, 2.75) is 13.3 Å². The number of methoxy groups -OCH3 is 1. The molecule has 6 heteroatoms. The van der Waals surface area contributed by atoms with Gasteiger partial charge < -0.3 is 10.1 Å². The molecule has 6 nitrogen and oxygen atoms in total. The number of carbonyl (C=O) groups is 1. The average Bonchev–Trinajstić information content (AvgIpc) is 2.48. The van der Waals surface area contributed by atoms with Crippen molar-refractivity contribution in [1.82, 2.24) is 15.3 Å². The number of aryl methyl sites for hydroxylation is 1. The first-order valence-electron chi connectivity index (χ1n) is 6.65. The van der Waals surface area contributed by atoms with E-state index >= 15 is 0 Å². The van der Waals surface area contributed by atoms with Gasteiger partial charge in [0.15, 0.2) is 11.6 Å². The molecule has 0 aliphatic carbocycles. The lowest BCUT2D eigenvalue weighted by Gasteiger charge is -2.10. The van der Waals surface area contributed by atoms with Gasteiger partial charge in [0.05, 0.1) is 7.11 Å². The largest absolute Gasteiger partial charge is 0.493 e. The molecule has 2 rings (SSSR count). The molecule has 110 valence electrons. The van der Waals surface area contributed by atoms with Crippen LogP contribution in [0.25, 0.3) is 0 Å². The number of nitrogens with one attached hydrogen (secondary N) is 2. The Hall–Kier alpha value is -2.63. The van der Waals surface area contributed by atoms with E-state index in [9.17, 15) is 4.79 Å². The van der Waals surface area contributed by atoms with Gasteiger partial charge in [-0.15, -0.1) is 0 Å². The number of amides is 2. The Morgan fingerprint density at radius 1 is 1.29 bits per heavy atom.